The van der Waals surface area contributed by atoms with E-state index in [-0.39, 0.29) is 6.47 Å². The number of aromatic nitrogens is 1. The summed E-state index contributed by atoms with van der Waals surface area (Å²) >= 11 is 12.5. The van der Waals surface area contributed by atoms with E-state index in [2.05, 4.69) is 35.9 Å². The average Bonchev–Trinajstić information content (AvgIpc) is 3.10. The van der Waals surface area contributed by atoms with Gasteiger partial charge in [0.2, 0.25) is 0 Å². The van der Waals surface area contributed by atoms with E-state index in [1.54, 1.807) is 12.4 Å². The summed E-state index contributed by atoms with van der Waals surface area (Å²) in [6.45, 7) is 0.557. The number of pyridine rings is 1. The minimum absolute atomic E-state index is 0.250. The van der Waals surface area contributed by atoms with Gasteiger partial charge in [-0.25, -0.2) is 0 Å². The van der Waals surface area contributed by atoms with Crippen LogP contribution in [0.2, 0.25) is 10.0 Å². The second-order valence-electron chi connectivity index (χ2n) is 7.34. The van der Waals surface area contributed by atoms with E-state index in [4.69, 9.17) is 33.1 Å². The van der Waals surface area contributed by atoms with Gasteiger partial charge in [-0.2, -0.15) is 0 Å². The number of hydrogen-bond acceptors (Lipinski definition) is 4. The van der Waals surface area contributed by atoms with Crippen LogP contribution in [0, 0.1) is 11.8 Å². The molecule has 1 N–H and O–H groups in total. The lowest BCUT2D eigenvalue weighted by atomic mass is 10.0. The zero-order valence-corrected chi connectivity index (χ0v) is 16.5. The number of hydrogen-bond donors (Lipinski definition) is 1. The van der Waals surface area contributed by atoms with Gasteiger partial charge in [0.1, 0.15) is 0 Å². The third kappa shape index (κ3) is 5.07. The molecule has 5 nitrogen and oxygen atoms in total. The maximum atomic E-state index is 8.36. The Kier molecular flexibility index (Phi) is 7.50. The fourth-order valence-electron chi connectivity index (χ4n) is 4.30. The van der Waals surface area contributed by atoms with Crippen molar-refractivity contribution in [1.82, 2.24) is 14.8 Å². The second-order valence-corrected chi connectivity index (χ2v) is 8.15. The highest BCUT2D eigenvalue weighted by Gasteiger charge is 2.43. The monoisotopic (exact) mass is 387 g/mol. The predicted octanol–water partition coefficient (Wildman–Crippen LogP) is 3.64. The number of fused-ring (bicyclic) bond motifs is 1. The van der Waals surface area contributed by atoms with Crippen LogP contribution in [0.25, 0.3) is 0 Å². The summed E-state index contributed by atoms with van der Waals surface area (Å²) in [5.41, 5.74) is 1.00. The fraction of sp³-hybridized carbons (Fsp3) is 0.667. The Morgan fingerprint density at radius 1 is 1.08 bits per heavy atom. The Bertz CT molecular complexity index is 551. The molecule has 1 aromatic rings. The van der Waals surface area contributed by atoms with Crippen molar-refractivity contribution in [3.05, 3.63) is 28.0 Å². The number of rotatable bonds is 4. The first kappa shape index (κ1) is 20.4. The molecule has 2 aliphatic carbocycles. The Hall–Kier alpha value is -0.880. The molecule has 140 valence electrons. The van der Waals surface area contributed by atoms with Crippen LogP contribution in [0.1, 0.15) is 31.2 Å². The molecular weight excluding hydrogens is 361 g/mol. The maximum absolute atomic E-state index is 8.36. The van der Waals surface area contributed by atoms with E-state index in [9.17, 15) is 0 Å². The summed E-state index contributed by atoms with van der Waals surface area (Å²) in [7, 11) is 6.62. The molecule has 7 heteroatoms. The van der Waals surface area contributed by atoms with Gasteiger partial charge in [0.05, 0.1) is 10.0 Å². The molecule has 2 aliphatic rings. The summed E-state index contributed by atoms with van der Waals surface area (Å²) in [4.78, 5) is 17.2. The molecule has 0 spiro atoms. The summed E-state index contributed by atoms with van der Waals surface area (Å²) in [6.07, 6.45) is 8.71. The molecule has 2 unspecified atom stereocenters. The quantitative estimate of drug-likeness (QED) is 0.799. The van der Waals surface area contributed by atoms with E-state index < -0.39 is 0 Å². The summed E-state index contributed by atoms with van der Waals surface area (Å²) in [6, 6.07) is 1.43. The number of carboxylic acid groups (broad SMARTS) is 1. The van der Waals surface area contributed by atoms with Crippen LogP contribution in [0.4, 0.5) is 0 Å². The molecular formula is C18H27Cl2N3O2. The van der Waals surface area contributed by atoms with Gasteiger partial charge >= 0.3 is 0 Å². The minimum Gasteiger partial charge on any atom is -0.483 e. The van der Waals surface area contributed by atoms with Crippen LogP contribution in [0.5, 0.6) is 0 Å². The Morgan fingerprint density at radius 2 is 1.52 bits per heavy atom. The third-order valence-electron chi connectivity index (χ3n) is 5.68. The van der Waals surface area contributed by atoms with E-state index in [0.29, 0.717) is 16.1 Å². The number of carbonyl (C=O) groups is 1. The Balaban J connectivity index is 0.000000701. The van der Waals surface area contributed by atoms with Crippen LogP contribution >= 0.6 is 23.2 Å². The molecule has 1 aromatic heterocycles. The van der Waals surface area contributed by atoms with Gasteiger partial charge in [0, 0.05) is 36.6 Å². The van der Waals surface area contributed by atoms with Crippen molar-refractivity contribution in [2.24, 2.45) is 11.8 Å². The van der Waals surface area contributed by atoms with Crippen LogP contribution in [-0.2, 0) is 11.3 Å². The molecule has 0 aromatic carbocycles. The van der Waals surface area contributed by atoms with Crippen molar-refractivity contribution in [3.63, 3.8) is 0 Å². The van der Waals surface area contributed by atoms with Crippen molar-refractivity contribution >= 4 is 29.7 Å². The summed E-state index contributed by atoms with van der Waals surface area (Å²) in [5.74, 6) is 1.78. The first-order valence-electron chi connectivity index (χ1n) is 8.59. The lowest BCUT2D eigenvalue weighted by molar-refractivity contribution is -0.122. The molecule has 25 heavy (non-hydrogen) atoms. The summed E-state index contributed by atoms with van der Waals surface area (Å²) in [5, 5.41) is 8.23. The van der Waals surface area contributed by atoms with E-state index in [1.807, 2.05) is 0 Å². The van der Waals surface area contributed by atoms with Gasteiger partial charge in [-0.3, -0.25) is 14.7 Å². The van der Waals surface area contributed by atoms with Gasteiger partial charge in [0.15, 0.2) is 0 Å². The largest absolute Gasteiger partial charge is 0.483 e. The molecule has 3 rings (SSSR count). The molecule has 4 atom stereocenters. The lowest BCUT2D eigenvalue weighted by Crippen LogP contribution is -2.31. The second kappa shape index (κ2) is 9.17. The van der Waals surface area contributed by atoms with Crippen LogP contribution in [0.15, 0.2) is 12.4 Å². The van der Waals surface area contributed by atoms with Crippen molar-refractivity contribution < 1.29 is 9.90 Å². The zero-order valence-electron chi connectivity index (χ0n) is 15.0. The summed E-state index contributed by atoms with van der Waals surface area (Å²) < 4.78 is 0. The fourth-order valence-corrected chi connectivity index (χ4v) is 4.79. The van der Waals surface area contributed by atoms with E-state index in [1.165, 1.54) is 25.7 Å². The minimum atomic E-state index is -0.250. The van der Waals surface area contributed by atoms with Crippen molar-refractivity contribution in [1.29, 1.82) is 0 Å². The molecule has 0 radical (unpaired) electrons. The van der Waals surface area contributed by atoms with Crippen molar-refractivity contribution in [2.45, 2.75) is 44.3 Å². The highest BCUT2D eigenvalue weighted by Crippen LogP contribution is 2.46. The first-order chi connectivity index (χ1) is 11.9. The van der Waals surface area contributed by atoms with Gasteiger partial charge < -0.3 is 10.0 Å². The van der Waals surface area contributed by atoms with Gasteiger partial charge in [-0.05, 0) is 58.7 Å². The van der Waals surface area contributed by atoms with E-state index >= 15 is 0 Å². The maximum Gasteiger partial charge on any atom is 0.290 e. The van der Waals surface area contributed by atoms with Crippen LogP contribution < -0.4 is 0 Å². The SMILES string of the molecule is CN(C)C1C[C@@H]2CC(N(C)Cc3c(Cl)cncc3Cl)C[C@@H]2C1.O=CO. The Morgan fingerprint density at radius 3 is 1.96 bits per heavy atom. The average molecular weight is 388 g/mol. The van der Waals surface area contributed by atoms with Gasteiger partial charge in [-0.15, -0.1) is 0 Å². The molecule has 2 fully saturated rings. The number of nitrogens with zero attached hydrogens (tertiary/aromatic N) is 3. The molecule has 0 bridgehead atoms. The first-order valence-corrected chi connectivity index (χ1v) is 9.35. The molecule has 1 heterocycles. The smallest absolute Gasteiger partial charge is 0.290 e. The molecule has 0 aliphatic heterocycles. The normalized spacial score (nSPS) is 28.0. The molecule has 0 amide bonds. The van der Waals surface area contributed by atoms with Crippen molar-refractivity contribution in [3.8, 4) is 0 Å². The van der Waals surface area contributed by atoms with Crippen LogP contribution in [0.3, 0.4) is 0 Å². The predicted molar refractivity (Wildman–Crippen MR) is 101 cm³/mol. The highest BCUT2D eigenvalue weighted by molar-refractivity contribution is 6.35. The topological polar surface area (TPSA) is 56.7 Å². The molecule has 2 saturated carbocycles. The van der Waals surface area contributed by atoms with Crippen LogP contribution in [-0.4, -0.2) is 59.6 Å². The standard InChI is InChI=1S/C17H25Cl2N3.CH2O2/c1-21(2)13-4-11-6-14(7-12(11)5-13)22(3)10-15-16(18)8-20-9-17(15)19;2-1-3/h8-9,11-14H,4-7,10H2,1-3H3;1H,(H,2,3)/t11-,12+,13?,14?;. The zero-order chi connectivity index (χ0) is 18.6. The molecule has 0 saturated heterocycles. The Labute approximate surface area is 159 Å². The number of halogens is 2. The van der Waals surface area contributed by atoms with Gasteiger partial charge in [-0.1, -0.05) is 23.2 Å². The van der Waals surface area contributed by atoms with Gasteiger partial charge in [0.25, 0.3) is 6.47 Å². The third-order valence-corrected chi connectivity index (χ3v) is 6.33. The van der Waals surface area contributed by atoms with E-state index in [0.717, 1.165) is 30.0 Å². The lowest BCUT2D eigenvalue weighted by Gasteiger charge is -2.27. The highest BCUT2D eigenvalue weighted by atomic mass is 35.5. The van der Waals surface area contributed by atoms with Crippen molar-refractivity contribution in [2.75, 3.05) is 21.1 Å².